The van der Waals surface area contributed by atoms with Gasteiger partial charge < -0.3 is 109 Å². The Balaban J connectivity index is 1.33. The highest BCUT2D eigenvalue weighted by Crippen LogP contribution is 2.36. The van der Waals surface area contributed by atoms with Crippen molar-refractivity contribution < 1.29 is 118 Å². The Morgan fingerprint density at radius 2 is 1.35 bits per heavy atom. The maximum atomic E-state index is 13.7. The van der Waals surface area contributed by atoms with E-state index in [0.29, 0.717) is 5.56 Å². The van der Waals surface area contributed by atoms with E-state index >= 15 is 0 Å². The van der Waals surface area contributed by atoms with E-state index in [9.17, 15) is 70.9 Å². The van der Waals surface area contributed by atoms with Gasteiger partial charge in [0.15, 0.2) is 48.0 Å². The first-order valence-corrected chi connectivity index (χ1v) is 21.3. The van der Waals surface area contributed by atoms with E-state index in [4.69, 9.17) is 47.4 Å². The summed E-state index contributed by atoms with van der Waals surface area (Å²) in [6, 6.07) is 7.70. The predicted molar refractivity (Wildman–Crippen MR) is 223 cm³/mol. The van der Waals surface area contributed by atoms with Crippen LogP contribution in [0.25, 0.3) is 6.08 Å². The average molecular weight is 969 g/mol. The third-order valence-corrected chi connectivity index (χ3v) is 11.6. The summed E-state index contributed by atoms with van der Waals surface area (Å²) in [4.78, 5) is 26.9. The number of phenols is 4. The number of aromatic hydroxyl groups is 4. The summed E-state index contributed by atoms with van der Waals surface area (Å²) in [5.41, 5.74) is 0.478. The molecule has 0 spiro atoms. The number of phenolic OH excluding ortho intramolecular Hbond substituents is 4. The van der Waals surface area contributed by atoms with Crippen LogP contribution in [0.1, 0.15) is 25.0 Å². The molecule has 12 N–H and O–H groups in total. The van der Waals surface area contributed by atoms with Crippen LogP contribution in [-0.4, -0.2) is 205 Å². The molecule has 4 aliphatic heterocycles. The standard InChI is InChI=1S/C44H56O24/c1-4-21-37(22(40(58)59-3)16-62-41(21)68-44-35(56)33(54)31(52)27(15-45)64-44)61-17-28-38(66-29(50)10-7-19-5-8-23(46)25(48)13-19)39(67-43-34(55)32(53)30(51)18(2)63-43)36(57)42(65-28)60-12-11-20-6-9-24(47)26(49)14-20/h4-10,13-14,16,18,27-28,30-39,41-49,51-57H,11-12,15,17H2,1-3H3/b10-7+,21-4+/t18-,27+,28+,30-,31+,32+,33-,34+,35+,36+,37-,38+,39+,41-,42+,43-,44-/m0/s1. The van der Waals surface area contributed by atoms with Gasteiger partial charge in [0.1, 0.15) is 79.0 Å². The number of allylic oxidation sites excluding steroid dienone is 1. The van der Waals surface area contributed by atoms with Crippen LogP contribution in [0, 0.1) is 0 Å². The number of hydrogen-bond acceptors (Lipinski definition) is 24. The molecule has 4 aliphatic rings. The van der Waals surface area contributed by atoms with Gasteiger partial charge in [-0.1, -0.05) is 18.2 Å². The number of rotatable bonds is 16. The van der Waals surface area contributed by atoms with Gasteiger partial charge >= 0.3 is 11.9 Å². The maximum absolute atomic E-state index is 13.7. The number of aliphatic hydroxyl groups is 8. The Morgan fingerprint density at radius 3 is 2.00 bits per heavy atom. The lowest BCUT2D eigenvalue weighted by Crippen LogP contribution is -2.65. The number of ether oxygens (including phenoxy) is 10. The van der Waals surface area contributed by atoms with Crippen LogP contribution in [0.2, 0.25) is 0 Å². The Bertz CT molecular complexity index is 2130. The average Bonchev–Trinajstić information content (AvgIpc) is 3.32. The molecule has 3 fully saturated rings. The zero-order valence-electron chi connectivity index (χ0n) is 36.7. The molecule has 2 aromatic rings. The van der Waals surface area contributed by atoms with E-state index in [-0.39, 0.29) is 35.5 Å². The topological polar surface area (TPSA) is 369 Å². The minimum Gasteiger partial charge on any atom is -0.504 e. The molecule has 3 saturated heterocycles. The number of carbonyl (C=O) groups is 2. The second-order valence-corrected chi connectivity index (χ2v) is 16.1. The molecule has 0 bridgehead atoms. The number of esters is 2. The molecule has 0 aromatic heterocycles. The minimum absolute atomic E-state index is 0.0207. The Labute approximate surface area is 387 Å². The summed E-state index contributed by atoms with van der Waals surface area (Å²) in [6.07, 6.45) is -23.9. The first kappa shape index (κ1) is 52.4. The molecule has 0 unspecified atom stereocenters. The fourth-order valence-electron chi connectivity index (χ4n) is 7.67. The third-order valence-electron chi connectivity index (χ3n) is 11.6. The normalized spacial score (nSPS) is 36.0. The second kappa shape index (κ2) is 23.1. The summed E-state index contributed by atoms with van der Waals surface area (Å²) in [5.74, 6) is -3.78. The number of methoxy groups -OCH3 is 1. The smallest absolute Gasteiger partial charge is 0.339 e. The van der Waals surface area contributed by atoms with Crippen molar-refractivity contribution >= 4 is 18.0 Å². The van der Waals surface area contributed by atoms with E-state index in [1.165, 1.54) is 56.3 Å². The molecular formula is C44H56O24. The molecule has 68 heavy (non-hydrogen) atoms. The van der Waals surface area contributed by atoms with Gasteiger partial charge in [0.25, 0.3) is 0 Å². The predicted octanol–water partition coefficient (Wildman–Crippen LogP) is -2.45. The van der Waals surface area contributed by atoms with Gasteiger partial charge in [0.2, 0.25) is 6.29 Å². The van der Waals surface area contributed by atoms with Gasteiger partial charge in [-0.3, -0.25) is 0 Å². The van der Waals surface area contributed by atoms with E-state index in [0.717, 1.165) is 25.5 Å². The second-order valence-electron chi connectivity index (χ2n) is 16.1. The summed E-state index contributed by atoms with van der Waals surface area (Å²) < 4.78 is 58.1. The molecule has 0 radical (unpaired) electrons. The molecule has 2 aromatic carbocycles. The molecular weight excluding hydrogens is 912 g/mol. The van der Waals surface area contributed by atoms with Gasteiger partial charge in [0.05, 0.1) is 33.0 Å². The van der Waals surface area contributed by atoms with Crippen LogP contribution < -0.4 is 0 Å². The Kier molecular flexibility index (Phi) is 17.8. The molecule has 24 nitrogen and oxygen atoms in total. The van der Waals surface area contributed by atoms with Crippen molar-refractivity contribution in [1.29, 1.82) is 0 Å². The van der Waals surface area contributed by atoms with Crippen molar-refractivity contribution in [1.82, 2.24) is 0 Å². The van der Waals surface area contributed by atoms with Crippen molar-refractivity contribution in [2.45, 2.75) is 125 Å². The lowest BCUT2D eigenvalue weighted by atomic mass is 9.96. The van der Waals surface area contributed by atoms with E-state index < -0.39 is 147 Å². The number of carbonyl (C=O) groups excluding carboxylic acids is 2. The number of benzene rings is 2. The van der Waals surface area contributed by atoms with Crippen molar-refractivity contribution in [2.75, 3.05) is 26.9 Å². The van der Waals surface area contributed by atoms with Gasteiger partial charge in [-0.05, 0) is 61.7 Å². The molecule has 376 valence electrons. The number of aliphatic hydroxyl groups excluding tert-OH is 8. The van der Waals surface area contributed by atoms with Crippen LogP contribution in [-0.2, 0) is 63.4 Å². The van der Waals surface area contributed by atoms with Crippen LogP contribution >= 0.6 is 0 Å². The molecule has 4 heterocycles. The van der Waals surface area contributed by atoms with Crippen LogP contribution in [0.15, 0.2) is 66.0 Å². The largest absolute Gasteiger partial charge is 0.504 e. The van der Waals surface area contributed by atoms with Gasteiger partial charge in [-0.2, -0.15) is 0 Å². The minimum atomic E-state index is -1.93. The highest BCUT2D eigenvalue weighted by atomic mass is 16.8. The van der Waals surface area contributed by atoms with Crippen LogP contribution in [0.3, 0.4) is 0 Å². The summed E-state index contributed by atoms with van der Waals surface area (Å²) in [6.45, 7) is 1.18. The van der Waals surface area contributed by atoms with Gasteiger partial charge in [0, 0.05) is 11.6 Å². The highest BCUT2D eigenvalue weighted by molar-refractivity contribution is 5.90. The van der Waals surface area contributed by atoms with Gasteiger partial charge in [-0.25, -0.2) is 9.59 Å². The summed E-state index contributed by atoms with van der Waals surface area (Å²) in [5, 5.41) is 125. The molecule has 17 atom stereocenters. The molecule has 0 amide bonds. The Morgan fingerprint density at radius 1 is 0.706 bits per heavy atom. The lowest BCUT2D eigenvalue weighted by Gasteiger charge is -2.47. The zero-order valence-corrected chi connectivity index (χ0v) is 36.7. The van der Waals surface area contributed by atoms with Crippen LogP contribution in [0.4, 0.5) is 0 Å². The van der Waals surface area contributed by atoms with E-state index in [1.807, 2.05) is 0 Å². The monoisotopic (exact) mass is 968 g/mol. The maximum Gasteiger partial charge on any atom is 0.339 e. The Hall–Kier alpha value is -5.00. The SMILES string of the molecule is C/C=C1/[C@H](O[C@@H]2O[C@H](CO)[C@@H](O)[C@H](O)[C@H]2O)OC=C(C(=O)OC)[C@H]1OC[C@H]1O[C@@H](OCCc2ccc(O)c(O)c2)[C@H](O)[C@@H](O[C@@H]2O[C@@H](C)[C@H](O)[C@@H](O)[C@H]2O)[C@@H]1OC(=O)/C=C/c1ccc(O)c(O)c1. The molecule has 24 heteroatoms. The van der Waals surface area contributed by atoms with Crippen molar-refractivity contribution in [3.8, 4) is 23.0 Å². The van der Waals surface area contributed by atoms with Crippen molar-refractivity contribution in [2.24, 2.45) is 0 Å². The fraction of sp³-hybridized carbons (Fsp3) is 0.545. The quantitative estimate of drug-likeness (QED) is 0.0360. The summed E-state index contributed by atoms with van der Waals surface area (Å²) in [7, 11) is 1.07. The van der Waals surface area contributed by atoms with E-state index in [1.54, 1.807) is 0 Å². The first-order chi connectivity index (χ1) is 32.4. The van der Waals surface area contributed by atoms with Crippen molar-refractivity contribution in [3.05, 3.63) is 77.1 Å². The van der Waals surface area contributed by atoms with Crippen LogP contribution in [0.5, 0.6) is 23.0 Å². The number of hydrogen-bond donors (Lipinski definition) is 12. The van der Waals surface area contributed by atoms with Gasteiger partial charge in [-0.15, -0.1) is 0 Å². The highest BCUT2D eigenvalue weighted by Gasteiger charge is 2.53. The third kappa shape index (κ3) is 11.9. The molecule has 6 rings (SSSR count). The fourth-order valence-corrected chi connectivity index (χ4v) is 7.67. The lowest BCUT2D eigenvalue weighted by molar-refractivity contribution is -0.358. The van der Waals surface area contributed by atoms with Crippen molar-refractivity contribution in [3.63, 3.8) is 0 Å². The van der Waals surface area contributed by atoms with E-state index in [2.05, 4.69) is 0 Å². The molecule has 0 aliphatic carbocycles. The summed E-state index contributed by atoms with van der Waals surface area (Å²) >= 11 is 0. The zero-order chi connectivity index (χ0) is 49.6. The first-order valence-electron chi connectivity index (χ1n) is 21.3. The molecule has 0 saturated carbocycles.